The summed E-state index contributed by atoms with van der Waals surface area (Å²) in [5.41, 5.74) is 6.09. The van der Waals surface area contributed by atoms with Gasteiger partial charge in [0.15, 0.2) is 5.82 Å². The first-order valence-electron chi connectivity index (χ1n) is 5.58. The number of carbonyl (C=O) groups is 1. The van der Waals surface area contributed by atoms with E-state index in [1.165, 1.54) is 12.3 Å². The lowest BCUT2D eigenvalue weighted by Crippen LogP contribution is -2.14. The highest BCUT2D eigenvalue weighted by Crippen LogP contribution is 2.21. The molecule has 0 aliphatic heterocycles. The zero-order chi connectivity index (χ0) is 14.0. The molecule has 0 aliphatic rings. The molecular weight excluding hydrogens is 248 g/mol. The molecule has 0 bridgehead atoms. The topological polar surface area (TPSA) is 119 Å². The van der Waals surface area contributed by atoms with Crippen LogP contribution < -0.4 is 11.1 Å². The van der Waals surface area contributed by atoms with Crippen LogP contribution in [-0.4, -0.2) is 30.8 Å². The zero-order valence-corrected chi connectivity index (χ0v) is 10.5. The van der Waals surface area contributed by atoms with Crippen molar-refractivity contribution in [2.75, 3.05) is 11.1 Å². The summed E-state index contributed by atoms with van der Waals surface area (Å²) in [4.78, 5) is 14.8. The number of nitrogens with zero attached hydrogens (tertiary/aromatic N) is 4. The maximum atomic E-state index is 10.8. The molecule has 0 aromatic carbocycles. The van der Waals surface area contributed by atoms with Crippen LogP contribution in [0.4, 0.5) is 11.5 Å². The number of nitrogens with two attached hydrogens (primary N) is 1. The molecule has 0 radical (unpaired) electrons. The van der Waals surface area contributed by atoms with Gasteiger partial charge in [-0.2, -0.15) is 0 Å². The average Bonchev–Trinajstić information content (AvgIpc) is 2.77. The zero-order valence-electron chi connectivity index (χ0n) is 10.5. The predicted molar refractivity (Wildman–Crippen MR) is 68.6 cm³/mol. The number of nitrogen functional groups attached to an aromatic ring is 1. The maximum Gasteiger partial charge on any atom is 0.337 e. The third kappa shape index (κ3) is 2.62. The summed E-state index contributed by atoms with van der Waals surface area (Å²) in [6.45, 7) is 1.89. The molecule has 2 heterocycles. The number of nitrogens with one attached hydrogen (secondary N) is 1. The molecule has 0 fully saturated rings. The second-order valence-corrected chi connectivity index (χ2v) is 4.13. The van der Waals surface area contributed by atoms with Crippen molar-refractivity contribution in [2.24, 2.45) is 7.05 Å². The number of aromatic nitrogens is 4. The summed E-state index contributed by atoms with van der Waals surface area (Å²) in [5.74, 6) is 0.0797. The van der Waals surface area contributed by atoms with E-state index in [0.717, 1.165) is 5.82 Å². The first kappa shape index (κ1) is 12.8. The van der Waals surface area contributed by atoms with Crippen molar-refractivity contribution >= 4 is 17.5 Å². The number of hydrogen-bond acceptors (Lipinski definition) is 6. The van der Waals surface area contributed by atoms with Crippen LogP contribution in [0.1, 0.15) is 29.1 Å². The number of pyridine rings is 1. The Morgan fingerprint density at radius 1 is 1.58 bits per heavy atom. The van der Waals surface area contributed by atoms with E-state index in [1.807, 2.05) is 14.0 Å². The van der Waals surface area contributed by atoms with Crippen molar-refractivity contribution in [1.82, 2.24) is 19.7 Å². The summed E-state index contributed by atoms with van der Waals surface area (Å²) in [5, 5.41) is 19.7. The van der Waals surface area contributed by atoms with E-state index in [0.29, 0.717) is 5.82 Å². The highest BCUT2D eigenvalue weighted by atomic mass is 16.4. The van der Waals surface area contributed by atoms with Crippen molar-refractivity contribution < 1.29 is 9.90 Å². The van der Waals surface area contributed by atoms with Crippen LogP contribution in [0.3, 0.4) is 0 Å². The number of hydrogen-bond donors (Lipinski definition) is 3. The summed E-state index contributed by atoms with van der Waals surface area (Å²) < 4.78 is 1.78. The van der Waals surface area contributed by atoms with Crippen LogP contribution in [-0.2, 0) is 7.05 Å². The van der Waals surface area contributed by atoms with Crippen LogP contribution in [0.2, 0.25) is 0 Å². The fourth-order valence-corrected chi connectivity index (χ4v) is 1.67. The van der Waals surface area contributed by atoms with Gasteiger partial charge in [-0.15, -0.1) is 10.2 Å². The normalized spacial score (nSPS) is 12.1. The summed E-state index contributed by atoms with van der Waals surface area (Å²) in [6, 6.07) is 1.21. The second-order valence-electron chi connectivity index (χ2n) is 4.13. The Morgan fingerprint density at radius 2 is 2.32 bits per heavy atom. The Labute approximate surface area is 109 Å². The highest BCUT2D eigenvalue weighted by molar-refractivity contribution is 5.89. The van der Waals surface area contributed by atoms with Gasteiger partial charge in [-0.1, -0.05) is 0 Å². The molecule has 0 spiro atoms. The van der Waals surface area contributed by atoms with E-state index in [1.54, 1.807) is 10.9 Å². The predicted octanol–water partition coefficient (Wildman–Crippen LogP) is 0.664. The monoisotopic (exact) mass is 262 g/mol. The van der Waals surface area contributed by atoms with Crippen LogP contribution in [0.5, 0.6) is 0 Å². The Balaban J connectivity index is 2.20. The molecule has 2 rings (SSSR count). The van der Waals surface area contributed by atoms with E-state index in [2.05, 4.69) is 20.5 Å². The van der Waals surface area contributed by atoms with Crippen molar-refractivity contribution in [3.63, 3.8) is 0 Å². The van der Waals surface area contributed by atoms with E-state index < -0.39 is 5.97 Å². The van der Waals surface area contributed by atoms with Gasteiger partial charge in [0, 0.05) is 13.2 Å². The van der Waals surface area contributed by atoms with E-state index in [4.69, 9.17) is 10.8 Å². The van der Waals surface area contributed by atoms with Gasteiger partial charge in [-0.3, -0.25) is 0 Å². The Kier molecular flexibility index (Phi) is 3.32. The SMILES string of the molecule is CC(Nc1ncc(C(=O)O)cc1N)c1nncn1C. The number of aryl methyl sites for hydroxylation is 1. The molecule has 19 heavy (non-hydrogen) atoms. The van der Waals surface area contributed by atoms with E-state index >= 15 is 0 Å². The minimum absolute atomic E-state index is 0.0503. The van der Waals surface area contributed by atoms with Gasteiger partial charge >= 0.3 is 5.97 Å². The lowest BCUT2D eigenvalue weighted by atomic mass is 10.2. The molecule has 1 atom stereocenters. The van der Waals surface area contributed by atoms with Crippen molar-refractivity contribution in [3.8, 4) is 0 Å². The van der Waals surface area contributed by atoms with Gasteiger partial charge in [0.2, 0.25) is 0 Å². The average molecular weight is 262 g/mol. The van der Waals surface area contributed by atoms with Gasteiger partial charge in [-0.25, -0.2) is 9.78 Å². The number of aromatic carboxylic acids is 1. The maximum absolute atomic E-state index is 10.8. The fraction of sp³-hybridized carbons (Fsp3) is 0.273. The Bertz CT molecular complexity index is 609. The van der Waals surface area contributed by atoms with Gasteiger partial charge in [0.25, 0.3) is 0 Å². The van der Waals surface area contributed by atoms with Crippen LogP contribution in [0.25, 0.3) is 0 Å². The second kappa shape index (κ2) is 4.92. The first-order valence-corrected chi connectivity index (χ1v) is 5.58. The molecule has 1 unspecified atom stereocenters. The quantitative estimate of drug-likeness (QED) is 0.740. The summed E-state index contributed by atoms with van der Waals surface area (Å²) in [6.07, 6.45) is 2.85. The molecule has 0 saturated carbocycles. The lowest BCUT2D eigenvalue weighted by Gasteiger charge is -2.15. The molecular formula is C11H14N6O2. The summed E-state index contributed by atoms with van der Waals surface area (Å²) in [7, 11) is 1.83. The lowest BCUT2D eigenvalue weighted by molar-refractivity contribution is 0.0696. The first-order chi connectivity index (χ1) is 8.99. The molecule has 100 valence electrons. The largest absolute Gasteiger partial charge is 0.478 e. The molecule has 4 N–H and O–H groups in total. The molecule has 0 aliphatic carbocycles. The van der Waals surface area contributed by atoms with E-state index in [-0.39, 0.29) is 17.3 Å². The minimum atomic E-state index is -1.06. The van der Waals surface area contributed by atoms with Gasteiger partial charge in [0.1, 0.15) is 12.1 Å². The van der Waals surface area contributed by atoms with Crippen molar-refractivity contribution in [2.45, 2.75) is 13.0 Å². The van der Waals surface area contributed by atoms with Gasteiger partial charge in [-0.05, 0) is 13.0 Å². The fourth-order valence-electron chi connectivity index (χ4n) is 1.67. The van der Waals surface area contributed by atoms with Crippen LogP contribution in [0, 0.1) is 0 Å². The Hall–Kier alpha value is -2.64. The number of carboxylic acids is 1. The Morgan fingerprint density at radius 3 is 2.84 bits per heavy atom. The molecule has 8 nitrogen and oxygen atoms in total. The molecule has 0 saturated heterocycles. The van der Waals surface area contributed by atoms with Gasteiger partial charge in [0.05, 0.1) is 17.3 Å². The van der Waals surface area contributed by atoms with Crippen molar-refractivity contribution in [1.29, 1.82) is 0 Å². The third-order valence-electron chi connectivity index (χ3n) is 2.65. The van der Waals surface area contributed by atoms with Crippen LogP contribution >= 0.6 is 0 Å². The third-order valence-corrected chi connectivity index (χ3v) is 2.65. The molecule has 2 aromatic rings. The summed E-state index contributed by atoms with van der Waals surface area (Å²) >= 11 is 0. The molecule has 0 amide bonds. The number of rotatable bonds is 4. The number of anilines is 2. The van der Waals surface area contributed by atoms with Crippen molar-refractivity contribution in [3.05, 3.63) is 30.0 Å². The molecule has 8 heteroatoms. The number of carboxylic acid groups (broad SMARTS) is 1. The van der Waals surface area contributed by atoms with Crippen LogP contribution in [0.15, 0.2) is 18.6 Å². The smallest absolute Gasteiger partial charge is 0.337 e. The highest BCUT2D eigenvalue weighted by Gasteiger charge is 2.14. The molecule has 2 aromatic heterocycles. The standard InChI is InChI=1S/C11H14N6O2/c1-6(10-16-14-5-17(10)2)15-9-8(12)3-7(4-13-9)11(18)19/h3-6H,12H2,1-2H3,(H,13,15)(H,18,19). The minimum Gasteiger partial charge on any atom is -0.478 e. The van der Waals surface area contributed by atoms with E-state index in [9.17, 15) is 4.79 Å². The van der Waals surface area contributed by atoms with Gasteiger partial charge < -0.3 is 20.7 Å².